The van der Waals surface area contributed by atoms with Gasteiger partial charge < -0.3 is 24.7 Å². The number of hydrogen-bond donors (Lipinski definition) is 2. The second-order valence-corrected chi connectivity index (χ2v) is 12.7. The lowest BCUT2D eigenvalue weighted by molar-refractivity contribution is 0.00557. The Morgan fingerprint density at radius 2 is 1.78 bits per heavy atom. The van der Waals surface area contributed by atoms with E-state index in [1.54, 1.807) is 12.1 Å². The van der Waals surface area contributed by atoms with E-state index in [1.807, 2.05) is 12.1 Å². The molecule has 2 aromatic carbocycles. The van der Waals surface area contributed by atoms with Gasteiger partial charge in [0.05, 0.1) is 48.7 Å². The number of alkyl halides is 1. The zero-order valence-corrected chi connectivity index (χ0v) is 24.6. The Bertz CT molecular complexity index is 1510. The van der Waals surface area contributed by atoms with Gasteiger partial charge >= 0.3 is 0 Å². The van der Waals surface area contributed by atoms with Crippen LogP contribution >= 0.6 is 0 Å². The van der Waals surface area contributed by atoms with Crippen molar-refractivity contribution in [1.82, 2.24) is 9.47 Å². The van der Waals surface area contributed by atoms with Gasteiger partial charge in [-0.1, -0.05) is 12.0 Å². The molecule has 0 bridgehead atoms. The highest BCUT2D eigenvalue weighted by Gasteiger charge is 2.29. The van der Waals surface area contributed by atoms with Crippen molar-refractivity contribution < 1.29 is 22.3 Å². The molecule has 10 heteroatoms. The Kier molecular flexibility index (Phi) is 9.38. The first-order valence-electron chi connectivity index (χ1n) is 14.3. The standard InChI is InChI=1S/C31H39FN4O4S/c1-39-31-22-26(41(2,37)38)12-13-29(31)33-15-4-5-25-21-27-28(34-16-14-32)6-3-7-30(27)36(25)24-10-8-23(9-11-24)35-17-19-40-20-18-35/h3,6-7,12-13,21-24,33-34H,8-11,14-20H2,1-2H3. The van der Waals surface area contributed by atoms with Gasteiger partial charge in [-0.15, -0.1) is 0 Å². The first kappa shape index (κ1) is 29.2. The molecule has 0 radical (unpaired) electrons. The van der Waals surface area contributed by atoms with Crippen LogP contribution in [0.2, 0.25) is 0 Å². The number of morpholine rings is 1. The highest BCUT2D eigenvalue weighted by atomic mass is 32.2. The number of fused-ring (bicyclic) bond motifs is 1. The maximum Gasteiger partial charge on any atom is 0.175 e. The van der Waals surface area contributed by atoms with Gasteiger partial charge in [0.2, 0.25) is 0 Å². The molecule has 2 N–H and O–H groups in total. The van der Waals surface area contributed by atoms with Crippen LogP contribution in [0.25, 0.3) is 10.9 Å². The average Bonchev–Trinajstić information content (AvgIpc) is 3.37. The first-order chi connectivity index (χ1) is 19.9. The van der Waals surface area contributed by atoms with E-state index < -0.39 is 16.5 Å². The van der Waals surface area contributed by atoms with Crippen molar-refractivity contribution in [3.8, 4) is 17.6 Å². The van der Waals surface area contributed by atoms with Gasteiger partial charge in [0, 0.05) is 55.1 Å². The van der Waals surface area contributed by atoms with Crippen LogP contribution in [-0.2, 0) is 14.6 Å². The summed E-state index contributed by atoms with van der Waals surface area (Å²) < 4.78 is 50.1. The van der Waals surface area contributed by atoms with Crippen LogP contribution in [-0.4, -0.2) is 83.4 Å². The number of nitrogens with zero attached hydrogens (tertiary/aromatic N) is 2. The van der Waals surface area contributed by atoms with Crippen LogP contribution in [0.3, 0.4) is 0 Å². The molecule has 0 spiro atoms. The van der Waals surface area contributed by atoms with E-state index in [4.69, 9.17) is 9.47 Å². The number of sulfone groups is 1. The van der Waals surface area contributed by atoms with Crippen molar-refractivity contribution in [3.63, 3.8) is 0 Å². The fourth-order valence-electron chi connectivity index (χ4n) is 6.02. The molecular formula is C31H39FN4O4S. The summed E-state index contributed by atoms with van der Waals surface area (Å²) >= 11 is 0. The Balaban J connectivity index is 1.38. The van der Waals surface area contributed by atoms with E-state index in [9.17, 15) is 12.8 Å². The predicted octanol–water partition coefficient (Wildman–Crippen LogP) is 4.71. The van der Waals surface area contributed by atoms with Crippen LogP contribution in [0.4, 0.5) is 15.8 Å². The van der Waals surface area contributed by atoms with Gasteiger partial charge in [-0.3, -0.25) is 4.90 Å². The summed E-state index contributed by atoms with van der Waals surface area (Å²) in [6.45, 7) is 3.84. The minimum Gasteiger partial charge on any atom is -0.495 e. The Hall–Kier alpha value is -3.26. The second-order valence-electron chi connectivity index (χ2n) is 10.7. The Labute approximate surface area is 242 Å². The van der Waals surface area contributed by atoms with Crippen LogP contribution in [0, 0.1) is 11.8 Å². The van der Waals surface area contributed by atoms with E-state index in [2.05, 4.69) is 44.1 Å². The molecule has 1 aliphatic carbocycles. The first-order valence-corrected chi connectivity index (χ1v) is 16.1. The van der Waals surface area contributed by atoms with Crippen molar-refractivity contribution in [2.24, 2.45) is 0 Å². The number of ether oxygens (including phenoxy) is 2. The third kappa shape index (κ3) is 6.80. The lowest BCUT2D eigenvalue weighted by atomic mass is 9.89. The fraction of sp³-hybridized carbons (Fsp3) is 0.484. The number of methoxy groups -OCH3 is 1. The quantitative estimate of drug-likeness (QED) is 0.354. The number of hydrogen-bond acceptors (Lipinski definition) is 7. The molecule has 1 aromatic heterocycles. The van der Waals surface area contributed by atoms with Gasteiger partial charge in [0.15, 0.2) is 9.84 Å². The number of halogens is 1. The highest BCUT2D eigenvalue weighted by molar-refractivity contribution is 7.90. The Morgan fingerprint density at radius 3 is 2.49 bits per heavy atom. The molecule has 5 rings (SSSR count). The largest absolute Gasteiger partial charge is 0.495 e. The summed E-state index contributed by atoms with van der Waals surface area (Å²) in [6.07, 6.45) is 5.60. The molecule has 3 aromatic rings. The molecule has 2 aliphatic rings. The molecule has 0 unspecified atom stereocenters. The number of nitrogens with one attached hydrogen (secondary N) is 2. The van der Waals surface area contributed by atoms with Crippen molar-refractivity contribution in [2.45, 2.75) is 42.7 Å². The molecule has 1 saturated heterocycles. The molecule has 1 aliphatic heterocycles. The number of aromatic nitrogens is 1. The van der Waals surface area contributed by atoms with E-state index in [0.717, 1.165) is 74.3 Å². The van der Waals surface area contributed by atoms with Crippen molar-refractivity contribution in [1.29, 1.82) is 0 Å². The van der Waals surface area contributed by atoms with E-state index in [-0.39, 0.29) is 11.4 Å². The second kappa shape index (κ2) is 13.1. The molecule has 41 heavy (non-hydrogen) atoms. The number of anilines is 2. The normalized spacial score (nSPS) is 19.9. The van der Waals surface area contributed by atoms with Gasteiger partial charge in [-0.2, -0.15) is 0 Å². The van der Waals surface area contributed by atoms with Gasteiger partial charge in [0.1, 0.15) is 12.4 Å². The van der Waals surface area contributed by atoms with Gasteiger partial charge in [-0.25, -0.2) is 12.8 Å². The summed E-state index contributed by atoms with van der Waals surface area (Å²) in [5.41, 5.74) is 3.64. The molecule has 2 heterocycles. The van der Waals surface area contributed by atoms with E-state index >= 15 is 0 Å². The number of rotatable bonds is 9. The van der Waals surface area contributed by atoms with Crippen LogP contribution in [0.5, 0.6) is 5.75 Å². The minimum atomic E-state index is -3.33. The maximum absolute atomic E-state index is 13.0. The van der Waals surface area contributed by atoms with Crippen molar-refractivity contribution in [2.75, 3.05) is 70.1 Å². The monoisotopic (exact) mass is 582 g/mol. The van der Waals surface area contributed by atoms with Crippen LogP contribution in [0.15, 0.2) is 47.4 Å². The lowest BCUT2D eigenvalue weighted by Gasteiger charge is -2.39. The summed E-state index contributed by atoms with van der Waals surface area (Å²) in [5, 5.41) is 7.53. The maximum atomic E-state index is 13.0. The molecule has 220 valence electrons. The molecular weight excluding hydrogens is 543 g/mol. The molecule has 1 saturated carbocycles. The molecule has 2 fully saturated rings. The zero-order chi connectivity index (χ0) is 28.8. The SMILES string of the molecule is COc1cc(S(C)(=O)=O)ccc1NCC#Cc1cc2c(NCCF)cccc2n1C1CCC(N2CCOCC2)CC1. The summed E-state index contributed by atoms with van der Waals surface area (Å²) in [4.78, 5) is 2.78. The number of benzene rings is 2. The third-order valence-electron chi connectivity index (χ3n) is 8.07. The average molecular weight is 583 g/mol. The van der Waals surface area contributed by atoms with Gasteiger partial charge in [0.25, 0.3) is 0 Å². The summed E-state index contributed by atoms with van der Waals surface area (Å²) in [6, 6.07) is 14.0. The van der Waals surface area contributed by atoms with Crippen LogP contribution in [0.1, 0.15) is 37.4 Å². The molecule has 0 amide bonds. The Morgan fingerprint density at radius 1 is 1.02 bits per heavy atom. The van der Waals surface area contributed by atoms with E-state index in [1.165, 1.54) is 19.4 Å². The van der Waals surface area contributed by atoms with Crippen LogP contribution < -0.4 is 15.4 Å². The van der Waals surface area contributed by atoms with Crippen molar-refractivity contribution >= 4 is 32.1 Å². The molecule has 0 atom stereocenters. The van der Waals surface area contributed by atoms with E-state index in [0.29, 0.717) is 30.1 Å². The molecule has 8 nitrogen and oxygen atoms in total. The zero-order valence-electron chi connectivity index (χ0n) is 23.8. The minimum absolute atomic E-state index is 0.205. The fourth-order valence-corrected chi connectivity index (χ4v) is 6.66. The lowest BCUT2D eigenvalue weighted by Crippen LogP contribution is -2.45. The highest BCUT2D eigenvalue weighted by Crippen LogP contribution is 2.37. The topological polar surface area (TPSA) is 84.8 Å². The summed E-state index contributed by atoms with van der Waals surface area (Å²) in [7, 11) is -1.82. The summed E-state index contributed by atoms with van der Waals surface area (Å²) in [5.74, 6) is 7.09. The van der Waals surface area contributed by atoms with Gasteiger partial charge in [-0.05, 0) is 61.9 Å². The predicted molar refractivity (Wildman–Crippen MR) is 162 cm³/mol. The third-order valence-corrected chi connectivity index (χ3v) is 9.18. The van der Waals surface area contributed by atoms with Crippen molar-refractivity contribution in [3.05, 3.63) is 48.2 Å². The smallest absolute Gasteiger partial charge is 0.175 e.